The molecule has 0 saturated heterocycles. The molecule has 1 heterocycles. The highest BCUT2D eigenvalue weighted by Gasteiger charge is 2.50. The minimum Gasteiger partial charge on any atom is -0.376 e. The third kappa shape index (κ3) is 3.71. The first kappa shape index (κ1) is 21.1. The molecule has 0 N–H and O–H groups in total. The number of benzene rings is 2. The molecule has 1 fully saturated rings. The van der Waals surface area contributed by atoms with Crippen LogP contribution in [0.5, 0.6) is 0 Å². The van der Waals surface area contributed by atoms with Crippen molar-refractivity contribution >= 4 is 5.78 Å². The van der Waals surface area contributed by atoms with E-state index in [-0.39, 0.29) is 11.3 Å². The van der Waals surface area contributed by atoms with Gasteiger partial charge in [0.15, 0.2) is 0 Å². The van der Waals surface area contributed by atoms with Crippen molar-refractivity contribution in [1.82, 2.24) is 9.55 Å². The second kappa shape index (κ2) is 8.67. The van der Waals surface area contributed by atoms with E-state index < -0.39 is 0 Å². The van der Waals surface area contributed by atoms with Crippen LogP contribution in [0.4, 0.5) is 0 Å². The molecule has 4 heteroatoms. The van der Waals surface area contributed by atoms with E-state index in [1.165, 1.54) is 22.6 Å². The standard InChI is InChI=1S/C28H32N2O2/c1-20-23-13-14-24-27(28(23,2)17-15-25(20)31)29-26(30(24)22-11-7-4-8-12-22)16-18-32-19-21-9-5-3-6-10-21/h3-12,20,23H,13-19H2,1-2H3/t20-,23?,28-/m0/s1. The maximum atomic E-state index is 12.4. The molecule has 2 aromatic carbocycles. The van der Waals surface area contributed by atoms with Crippen LogP contribution in [0, 0.1) is 11.8 Å². The van der Waals surface area contributed by atoms with E-state index in [9.17, 15) is 4.79 Å². The van der Waals surface area contributed by atoms with Gasteiger partial charge in [0, 0.05) is 35.6 Å². The van der Waals surface area contributed by atoms with Gasteiger partial charge in [-0.2, -0.15) is 0 Å². The summed E-state index contributed by atoms with van der Waals surface area (Å²) in [5.74, 6) is 2.01. The molecule has 4 nitrogen and oxygen atoms in total. The molecule has 5 rings (SSSR count). The summed E-state index contributed by atoms with van der Waals surface area (Å²) in [6, 6.07) is 20.9. The van der Waals surface area contributed by atoms with E-state index in [4.69, 9.17) is 9.72 Å². The van der Waals surface area contributed by atoms with Gasteiger partial charge < -0.3 is 9.30 Å². The van der Waals surface area contributed by atoms with Gasteiger partial charge in [0.1, 0.15) is 11.6 Å². The van der Waals surface area contributed by atoms with Gasteiger partial charge in [0.05, 0.1) is 18.9 Å². The lowest BCUT2D eigenvalue weighted by atomic mass is 9.57. The van der Waals surface area contributed by atoms with Gasteiger partial charge in [-0.15, -0.1) is 0 Å². The number of Topliss-reactive ketones (excluding diaryl/α,β-unsaturated/α-hetero) is 1. The summed E-state index contributed by atoms with van der Waals surface area (Å²) in [6.07, 6.45) is 4.37. The molecule has 166 valence electrons. The molecule has 0 aliphatic heterocycles. The largest absolute Gasteiger partial charge is 0.376 e. The van der Waals surface area contributed by atoms with Crippen LogP contribution in [0.1, 0.15) is 55.9 Å². The number of rotatable bonds is 6. The van der Waals surface area contributed by atoms with E-state index in [1.54, 1.807) is 0 Å². The highest BCUT2D eigenvalue weighted by molar-refractivity contribution is 5.82. The van der Waals surface area contributed by atoms with Crippen LogP contribution in [0.25, 0.3) is 5.69 Å². The van der Waals surface area contributed by atoms with Crippen LogP contribution in [-0.4, -0.2) is 21.9 Å². The molecule has 2 aliphatic rings. The zero-order chi connectivity index (χ0) is 22.1. The summed E-state index contributed by atoms with van der Waals surface area (Å²) in [5.41, 5.74) is 4.88. The van der Waals surface area contributed by atoms with Crippen molar-refractivity contribution < 1.29 is 9.53 Å². The van der Waals surface area contributed by atoms with Gasteiger partial charge in [-0.1, -0.05) is 62.4 Å². The molecular formula is C28H32N2O2. The van der Waals surface area contributed by atoms with Crippen molar-refractivity contribution in [3.05, 3.63) is 83.4 Å². The number of ether oxygens (including phenoxy) is 1. The highest BCUT2D eigenvalue weighted by atomic mass is 16.5. The molecule has 3 atom stereocenters. The summed E-state index contributed by atoms with van der Waals surface area (Å²) in [6.45, 7) is 5.72. The number of aromatic nitrogens is 2. The second-order valence-corrected chi connectivity index (χ2v) is 9.60. The van der Waals surface area contributed by atoms with Crippen molar-refractivity contribution in [2.24, 2.45) is 11.8 Å². The number of ketones is 1. The fourth-order valence-corrected chi connectivity index (χ4v) is 5.90. The van der Waals surface area contributed by atoms with Crippen LogP contribution in [0.3, 0.4) is 0 Å². The molecule has 0 amide bonds. The Labute approximate surface area is 190 Å². The van der Waals surface area contributed by atoms with E-state index in [0.717, 1.165) is 31.5 Å². The lowest BCUT2D eigenvalue weighted by molar-refractivity contribution is -0.128. The van der Waals surface area contributed by atoms with E-state index in [1.807, 2.05) is 18.2 Å². The normalized spacial score (nSPS) is 24.8. The van der Waals surface area contributed by atoms with Crippen LogP contribution < -0.4 is 0 Å². The zero-order valence-corrected chi connectivity index (χ0v) is 19.1. The third-order valence-corrected chi connectivity index (χ3v) is 7.69. The van der Waals surface area contributed by atoms with Gasteiger partial charge in [-0.3, -0.25) is 4.79 Å². The molecule has 1 aromatic heterocycles. The monoisotopic (exact) mass is 428 g/mol. The number of para-hydroxylation sites is 1. The summed E-state index contributed by atoms with van der Waals surface area (Å²) in [4.78, 5) is 17.7. The smallest absolute Gasteiger partial charge is 0.136 e. The number of hydrogen-bond donors (Lipinski definition) is 0. The Morgan fingerprint density at radius 1 is 1.06 bits per heavy atom. The van der Waals surface area contributed by atoms with Crippen molar-refractivity contribution in [3.63, 3.8) is 0 Å². The van der Waals surface area contributed by atoms with Crippen molar-refractivity contribution in [2.45, 2.75) is 58.0 Å². The predicted molar refractivity (Wildman–Crippen MR) is 126 cm³/mol. The zero-order valence-electron chi connectivity index (χ0n) is 19.1. The first-order chi connectivity index (χ1) is 15.6. The van der Waals surface area contributed by atoms with Gasteiger partial charge in [-0.05, 0) is 42.9 Å². The SMILES string of the molecule is C[C@@H]1C(=O)CC[C@]2(C)c3nc(CCOCc4ccccc4)n(-c4ccccc4)c3CCC12. The fourth-order valence-electron chi connectivity index (χ4n) is 5.90. The minimum atomic E-state index is -0.0272. The molecule has 2 aliphatic carbocycles. The van der Waals surface area contributed by atoms with Crippen molar-refractivity contribution in [1.29, 1.82) is 0 Å². The number of carbonyl (C=O) groups is 1. The first-order valence-electron chi connectivity index (χ1n) is 11.9. The summed E-state index contributed by atoms with van der Waals surface area (Å²) >= 11 is 0. The Morgan fingerprint density at radius 3 is 2.53 bits per heavy atom. The number of fused-ring (bicyclic) bond motifs is 3. The minimum absolute atomic E-state index is 0.0272. The Morgan fingerprint density at radius 2 is 1.78 bits per heavy atom. The van der Waals surface area contributed by atoms with Crippen molar-refractivity contribution in [3.8, 4) is 5.69 Å². The van der Waals surface area contributed by atoms with E-state index in [0.29, 0.717) is 31.3 Å². The topological polar surface area (TPSA) is 44.1 Å². The third-order valence-electron chi connectivity index (χ3n) is 7.69. The van der Waals surface area contributed by atoms with Gasteiger partial charge >= 0.3 is 0 Å². The highest BCUT2D eigenvalue weighted by Crippen LogP contribution is 2.51. The molecule has 0 bridgehead atoms. The van der Waals surface area contributed by atoms with E-state index >= 15 is 0 Å². The van der Waals surface area contributed by atoms with Crippen molar-refractivity contribution in [2.75, 3.05) is 6.61 Å². The summed E-state index contributed by atoms with van der Waals surface area (Å²) in [7, 11) is 0. The summed E-state index contributed by atoms with van der Waals surface area (Å²) < 4.78 is 8.38. The lowest BCUT2D eigenvalue weighted by Gasteiger charge is -2.46. The maximum Gasteiger partial charge on any atom is 0.136 e. The summed E-state index contributed by atoms with van der Waals surface area (Å²) in [5, 5.41) is 0. The van der Waals surface area contributed by atoms with Crippen LogP contribution in [-0.2, 0) is 34.4 Å². The average Bonchev–Trinajstić information content (AvgIpc) is 3.20. The molecule has 0 radical (unpaired) electrons. The van der Waals surface area contributed by atoms with Crippen LogP contribution >= 0.6 is 0 Å². The second-order valence-electron chi connectivity index (χ2n) is 9.60. The fraction of sp³-hybridized carbons (Fsp3) is 0.429. The maximum absolute atomic E-state index is 12.4. The quantitative estimate of drug-likeness (QED) is 0.490. The van der Waals surface area contributed by atoms with E-state index in [2.05, 4.69) is 60.9 Å². The van der Waals surface area contributed by atoms with Gasteiger partial charge in [0.2, 0.25) is 0 Å². The van der Waals surface area contributed by atoms with Crippen LogP contribution in [0.15, 0.2) is 60.7 Å². The molecule has 0 spiro atoms. The number of imidazole rings is 1. The molecule has 3 aromatic rings. The van der Waals surface area contributed by atoms with Crippen LogP contribution in [0.2, 0.25) is 0 Å². The Bertz CT molecular complexity index is 1090. The predicted octanol–water partition coefficient (Wildman–Crippen LogP) is 5.45. The first-order valence-corrected chi connectivity index (χ1v) is 11.9. The number of nitrogens with zero attached hydrogens (tertiary/aromatic N) is 2. The Balaban J connectivity index is 1.45. The number of carbonyl (C=O) groups excluding carboxylic acids is 1. The Kier molecular flexibility index (Phi) is 5.73. The van der Waals surface area contributed by atoms with Gasteiger partial charge in [0.25, 0.3) is 0 Å². The van der Waals surface area contributed by atoms with Gasteiger partial charge in [-0.25, -0.2) is 4.98 Å². The number of hydrogen-bond acceptors (Lipinski definition) is 3. The lowest BCUT2D eigenvalue weighted by Crippen LogP contribution is -2.47. The Hall–Kier alpha value is -2.72. The average molecular weight is 429 g/mol. The molecule has 1 saturated carbocycles. The molecule has 32 heavy (non-hydrogen) atoms. The molecular weight excluding hydrogens is 396 g/mol. The molecule has 1 unspecified atom stereocenters.